The number of amides is 1. The van der Waals surface area contributed by atoms with Crippen molar-refractivity contribution in [3.63, 3.8) is 0 Å². The minimum atomic E-state index is -0.740. The average molecular weight is 416 g/mol. The van der Waals surface area contributed by atoms with Gasteiger partial charge in [0.1, 0.15) is 18.2 Å². The monoisotopic (exact) mass is 416 g/mol. The molecule has 1 saturated heterocycles. The second-order valence-corrected chi connectivity index (χ2v) is 7.71. The molecule has 4 N–H and O–H groups in total. The molecule has 2 atom stereocenters. The topological polar surface area (TPSA) is 105 Å². The molecule has 8 heteroatoms. The number of ether oxygens (including phenoxy) is 1. The van der Waals surface area contributed by atoms with E-state index < -0.39 is 17.7 Å². The number of nitrogens with two attached hydrogens (primary N) is 2. The predicted molar refractivity (Wildman–Crippen MR) is 108 cm³/mol. The van der Waals surface area contributed by atoms with Gasteiger partial charge in [-0.25, -0.2) is 8.78 Å². The van der Waals surface area contributed by atoms with E-state index in [1.54, 1.807) is 4.90 Å². The Morgan fingerprint density at radius 3 is 2.60 bits per heavy atom. The fourth-order valence-corrected chi connectivity index (χ4v) is 3.92. The van der Waals surface area contributed by atoms with Crippen LogP contribution in [0.4, 0.5) is 8.78 Å². The van der Waals surface area contributed by atoms with Crippen molar-refractivity contribution >= 4 is 11.6 Å². The second-order valence-electron chi connectivity index (χ2n) is 7.71. The zero-order valence-corrected chi connectivity index (χ0v) is 16.9. The number of carbonyl (C=O) groups is 1. The molecule has 1 aromatic rings. The number of carbonyl (C=O) groups excluding carboxylic acids is 1. The highest BCUT2D eigenvalue weighted by Gasteiger charge is 2.32. The van der Waals surface area contributed by atoms with Gasteiger partial charge in [-0.15, -0.1) is 0 Å². The Morgan fingerprint density at radius 1 is 1.33 bits per heavy atom. The van der Waals surface area contributed by atoms with E-state index in [4.69, 9.17) is 21.5 Å². The molecule has 3 rings (SSSR count). The number of benzene rings is 1. The SMILES string of the molecule is CCC1CCC(OCC(=O)N2CC(C#N)C2)C(N)=C1/C=C(\N)c1c(F)cccc1F. The Labute approximate surface area is 174 Å². The fraction of sp³-hybridized carbons (Fsp3) is 0.455. The number of hydrogen-bond acceptors (Lipinski definition) is 5. The van der Waals surface area contributed by atoms with Crippen LogP contribution in [0.1, 0.15) is 31.7 Å². The van der Waals surface area contributed by atoms with Crippen molar-refractivity contribution in [2.24, 2.45) is 23.3 Å². The van der Waals surface area contributed by atoms with Crippen molar-refractivity contribution < 1.29 is 18.3 Å². The van der Waals surface area contributed by atoms with Gasteiger partial charge in [0.15, 0.2) is 0 Å². The maximum Gasteiger partial charge on any atom is 0.248 e. The van der Waals surface area contributed by atoms with E-state index in [1.165, 1.54) is 12.1 Å². The van der Waals surface area contributed by atoms with Crippen molar-refractivity contribution in [2.45, 2.75) is 32.3 Å². The molecule has 1 fully saturated rings. The Hall–Kier alpha value is -2.92. The number of allylic oxidation sites excluding steroid dienone is 2. The molecule has 0 bridgehead atoms. The van der Waals surface area contributed by atoms with Crippen LogP contribution in [0.5, 0.6) is 0 Å². The number of halogens is 2. The maximum atomic E-state index is 14.1. The van der Waals surface area contributed by atoms with Crippen LogP contribution >= 0.6 is 0 Å². The van der Waals surface area contributed by atoms with Crippen molar-refractivity contribution in [3.05, 3.63) is 52.7 Å². The molecule has 30 heavy (non-hydrogen) atoms. The van der Waals surface area contributed by atoms with Crippen LogP contribution in [-0.4, -0.2) is 36.6 Å². The first-order valence-electron chi connectivity index (χ1n) is 10.1. The molecule has 1 aromatic carbocycles. The van der Waals surface area contributed by atoms with E-state index in [-0.39, 0.29) is 35.6 Å². The molecule has 160 valence electrons. The van der Waals surface area contributed by atoms with Gasteiger partial charge in [0.05, 0.1) is 23.7 Å². The van der Waals surface area contributed by atoms with Gasteiger partial charge in [-0.3, -0.25) is 4.79 Å². The Bertz CT molecular complexity index is 896. The van der Waals surface area contributed by atoms with Crippen molar-refractivity contribution in [2.75, 3.05) is 19.7 Å². The van der Waals surface area contributed by atoms with Gasteiger partial charge < -0.3 is 21.1 Å². The fourth-order valence-electron chi connectivity index (χ4n) is 3.92. The molecule has 1 heterocycles. The van der Waals surface area contributed by atoms with Crippen LogP contribution in [0.15, 0.2) is 35.5 Å². The lowest BCUT2D eigenvalue weighted by atomic mass is 9.82. The Morgan fingerprint density at radius 2 is 2.00 bits per heavy atom. The van der Waals surface area contributed by atoms with Crippen molar-refractivity contribution in [1.29, 1.82) is 5.26 Å². The van der Waals surface area contributed by atoms with E-state index in [1.807, 2.05) is 6.92 Å². The van der Waals surface area contributed by atoms with Gasteiger partial charge in [0, 0.05) is 24.5 Å². The van der Waals surface area contributed by atoms with Crippen LogP contribution < -0.4 is 11.5 Å². The molecule has 1 amide bonds. The van der Waals surface area contributed by atoms with Gasteiger partial charge in [-0.1, -0.05) is 13.0 Å². The molecule has 0 radical (unpaired) electrons. The Balaban J connectivity index is 1.77. The molecule has 1 aliphatic carbocycles. The summed E-state index contributed by atoms with van der Waals surface area (Å²) in [6.07, 6.45) is 3.23. The first kappa shape index (κ1) is 21.8. The lowest BCUT2D eigenvalue weighted by Gasteiger charge is -2.36. The number of nitrogens with zero attached hydrogens (tertiary/aromatic N) is 2. The molecule has 6 nitrogen and oxygen atoms in total. The van der Waals surface area contributed by atoms with E-state index >= 15 is 0 Å². The van der Waals surface area contributed by atoms with Crippen LogP contribution in [0.3, 0.4) is 0 Å². The molecule has 2 unspecified atom stereocenters. The number of hydrogen-bond donors (Lipinski definition) is 2. The summed E-state index contributed by atoms with van der Waals surface area (Å²) in [6, 6.07) is 5.71. The third-order valence-corrected chi connectivity index (χ3v) is 5.78. The molecular formula is C22H26F2N4O2. The smallest absolute Gasteiger partial charge is 0.248 e. The standard InChI is InChI=1S/C22H26F2N4O2/c1-2-14-6-7-19(30-12-20(29)28-10-13(9-25)11-28)22(27)15(14)8-18(26)21-16(23)4-3-5-17(21)24/h3-5,8,13-14,19H,2,6-7,10-12,26-27H2,1H3/b18-8-. The molecule has 1 aliphatic heterocycles. The van der Waals surface area contributed by atoms with E-state index in [0.29, 0.717) is 30.8 Å². The predicted octanol–water partition coefficient (Wildman–Crippen LogP) is 2.66. The quantitative estimate of drug-likeness (QED) is 0.742. The first-order valence-corrected chi connectivity index (χ1v) is 10.1. The number of nitriles is 1. The molecule has 0 spiro atoms. The third-order valence-electron chi connectivity index (χ3n) is 5.78. The zero-order valence-electron chi connectivity index (χ0n) is 16.9. The summed E-state index contributed by atoms with van der Waals surface area (Å²) in [5.74, 6) is -1.69. The summed E-state index contributed by atoms with van der Waals surface area (Å²) in [5.41, 5.74) is 13.2. The lowest BCUT2D eigenvalue weighted by Crippen LogP contribution is -2.51. The summed E-state index contributed by atoms with van der Waals surface area (Å²) >= 11 is 0. The minimum absolute atomic E-state index is 0.0400. The van der Waals surface area contributed by atoms with Crippen LogP contribution in [0.2, 0.25) is 0 Å². The maximum absolute atomic E-state index is 14.1. The van der Waals surface area contributed by atoms with Gasteiger partial charge in [-0.05, 0) is 49.0 Å². The summed E-state index contributed by atoms with van der Waals surface area (Å²) in [7, 11) is 0. The highest BCUT2D eigenvalue weighted by atomic mass is 19.1. The van der Waals surface area contributed by atoms with Crippen LogP contribution in [-0.2, 0) is 9.53 Å². The summed E-state index contributed by atoms with van der Waals surface area (Å²) in [6.45, 7) is 2.72. The summed E-state index contributed by atoms with van der Waals surface area (Å²) in [5, 5.41) is 8.82. The molecule has 0 aromatic heterocycles. The molecular weight excluding hydrogens is 390 g/mol. The zero-order chi connectivity index (χ0) is 21.8. The largest absolute Gasteiger partial charge is 0.400 e. The van der Waals surface area contributed by atoms with Gasteiger partial charge in [0.25, 0.3) is 0 Å². The third kappa shape index (κ3) is 4.46. The van der Waals surface area contributed by atoms with Gasteiger partial charge in [-0.2, -0.15) is 5.26 Å². The molecule has 0 saturated carbocycles. The lowest BCUT2D eigenvalue weighted by molar-refractivity contribution is -0.142. The summed E-state index contributed by atoms with van der Waals surface area (Å²) < 4.78 is 33.9. The van der Waals surface area contributed by atoms with E-state index in [9.17, 15) is 13.6 Å². The minimum Gasteiger partial charge on any atom is -0.400 e. The Kier molecular flexibility index (Phi) is 6.73. The van der Waals surface area contributed by atoms with E-state index in [0.717, 1.165) is 25.0 Å². The van der Waals surface area contributed by atoms with Crippen LogP contribution in [0, 0.1) is 34.8 Å². The number of rotatable bonds is 6. The normalized spacial score (nSPS) is 22.6. The van der Waals surface area contributed by atoms with Crippen molar-refractivity contribution in [1.82, 2.24) is 4.90 Å². The van der Waals surface area contributed by atoms with Crippen molar-refractivity contribution in [3.8, 4) is 6.07 Å². The average Bonchev–Trinajstić information content (AvgIpc) is 2.67. The second kappa shape index (κ2) is 9.26. The van der Waals surface area contributed by atoms with Gasteiger partial charge in [0.2, 0.25) is 5.91 Å². The van der Waals surface area contributed by atoms with Crippen LogP contribution in [0.25, 0.3) is 5.70 Å². The highest BCUT2D eigenvalue weighted by Crippen LogP contribution is 2.34. The van der Waals surface area contributed by atoms with E-state index in [2.05, 4.69) is 6.07 Å². The first-order chi connectivity index (χ1) is 14.3. The highest BCUT2D eigenvalue weighted by molar-refractivity contribution is 5.78. The molecule has 2 aliphatic rings. The summed E-state index contributed by atoms with van der Waals surface area (Å²) in [4.78, 5) is 13.8. The van der Waals surface area contributed by atoms with Gasteiger partial charge >= 0.3 is 0 Å². The number of likely N-dealkylation sites (tertiary alicyclic amines) is 1.